The molecule has 4 amide bonds. The van der Waals surface area contributed by atoms with Crippen molar-refractivity contribution in [3.8, 4) is 5.75 Å². The highest BCUT2D eigenvalue weighted by Gasteiger charge is 2.50. The van der Waals surface area contributed by atoms with E-state index in [1.807, 2.05) is 48.5 Å². The van der Waals surface area contributed by atoms with Gasteiger partial charge in [-0.2, -0.15) is 0 Å². The number of urea groups is 1. The van der Waals surface area contributed by atoms with Crippen molar-refractivity contribution in [3.63, 3.8) is 0 Å². The van der Waals surface area contributed by atoms with Crippen LogP contribution in [0.15, 0.2) is 78.9 Å². The Morgan fingerprint density at radius 2 is 1.64 bits per heavy atom. The standard InChI is InChI=1S/C33H38N6O5/c1-35-23-31(41)38-29(19-24-11-13-27(40)14-12-24)32(42)37(21-26-9-5-6-10-28(26)36-15-17-44-18-16-36)22-30(38)39(35)33(43)34-20-25-7-3-2-4-8-25/h2-14,29-30,40H,15-23H2,1H3,(H,34,43)/t29-,30-/m0/s1. The number of hydrogen-bond acceptors (Lipinski definition) is 7. The minimum absolute atomic E-state index is 0.0333. The van der Waals surface area contributed by atoms with Crippen molar-refractivity contribution in [2.75, 3.05) is 51.3 Å². The number of anilines is 1. The van der Waals surface area contributed by atoms with E-state index in [0.717, 1.165) is 35.5 Å². The predicted octanol–water partition coefficient (Wildman–Crippen LogP) is 2.41. The van der Waals surface area contributed by atoms with Crippen molar-refractivity contribution >= 4 is 23.5 Å². The summed E-state index contributed by atoms with van der Waals surface area (Å²) in [5.74, 6) is -0.261. The quantitative estimate of drug-likeness (QED) is 0.430. The van der Waals surface area contributed by atoms with E-state index in [0.29, 0.717) is 26.3 Å². The Labute approximate surface area is 257 Å². The van der Waals surface area contributed by atoms with Crippen molar-refractivity contribution < 1.29 is 24.2 Å². The number of piperazine rings is 1. The fourth-order valence-electron chi connectivity index (χ4n) is 6.32. The number of aromatic hydroxyl groups is 1. The highest BCUT2D eigenvalue weighted by atomic mass is 16.5. The zero-order valence-corrected chi connectivity index (χ0v) is 24.8. The van der Waals surface area contributed by atoms with Gasteiger partial charge in [0.05, 0.1) is 26.3 Å². The zero-order valence-electron chi connectivity index (χ0n) is 24.8. The molecule has 0 aliphatic carbocycles. The van der Waals surface area contributed by atoms with Gasteiger partial charge in [0, 0.05) is 45.3 Å². The van der Waals surface area contributed by atoms with E-state index in [2.05, 4.69) is 16.3 Å². The lowest BCUT2D eigenvalue weighted by molar-refractivity contribution is -0.187. The van der Waals surface area contributed by atoms with Gasteiger partial charge in [-0.25, -0.2) is 14.8 Å². The van der Waals surface area contributed by atoms with Crippen LogP contribution in [0, 0.1) is 0 Å². The molecule has 3 fully saturated rings. The fraction of sp³-hybridized carbons (Fsp3) is 0.364. The Bertz CT molecular complexity index is 1480. The molecule has 3 aromatic carbocycles. The highest BCUT2D eigenvalue weighted by Crippen LogP contribution is 2.31. The van der Waals surface area contributed by atoms with Gasteiger partial charge in [0.2, 0.25) is 11.8 Å². The molecule has 2 atom stereocenters. The number of hydrazine groups is 1. The van der Waals surface area contributed by atoms with E-state index in [4.69, 9.17) is 4.74 Å². The van der Waals surface area contributed by atoms with E-state index >= 15 is 0 Å². The van der Waals surface area contributed by atoms with Gasteiger partial charge in [-0.15, -0.1) is 0 Å². The number of likely N-dealkylation sites (N-methyl/N-ethyl adjacent to an activating group) is 1. The van der Waals surface area contributed by atoms with Crippen LogP contribution in [0.2, 0.25) is 0 Å². The normalized spacial score (nSPS) is 20.9. The average molecular weight is 599 g/mol. The molecule has 3 heterocycles. The number of carbonyl (C=O) groups is 3. The molecule has 3 aliphatic heterocycles. The van der Waals surface area contributed by atoms with Crippen LogP contribution in [0.5, 0.6) is 5.75 Å². The lowest BCUT2D eigenvalue weighted by Crippen LogP contribution is -2.76. The first-order valence-corrected chi connectivity index (χ1v) is 15.0. The Morgan fingerprint density at radius 1 is 0.932 bits per heavy atom. The maximum Gasteiger partial charge on any atom is 0.334 e. The monoisotopic (exact) mass is 598 g/mol. The summed E-state index contributed by atoms with van der Waals surface area (Å²) >= 11 is 0. The number of nitrogens with zero attached hydrogens (tertiary/aromatic N) is 5. The SMILES string of the molecule is CN1CC(=O)N2[C@@H](Cc3ccc(O)cc3)C(=O)N(Cc3ccccc3N3CCOCC3)C[C@@H]2N1C(=O)NCc1ccccc1. The molecule has 0 spiro atoms. The van der Waals surface area contributed by atoms with Crippen molar-refractivity contribution in [2.24, 2.45) is 0 Å². The number of hydrogen-bond donors (Lipinski definition) is 2. The van der Waals surface area contributed by atoms with Crippen molar-refractivity contribution in [2.45, 2.75) is 31.7 Å². The summed E-state index contributed by atoms with van der Waals surface area (Å²) in [6.07, 6.45) is -0.445. The van der Waals surface area contributed by atoms with Crippen molar-refractivity contribution in [1.82, 2.24) is 25.1 Å². The number of carbonyl (C=O) groups excluding carboxylic acids is 3. The molecule has 44 heavy (non-hydrogen) atoms. The summed E-state index contributed by atoms with van der Waals surface area (Å²) in [6, 6.07) is 23.2. The number of amides is 4. The largest absolute Gasteiger partial charge is 0.508 e. The third-order valence-corrected chi connectivity index (χ3v) is 8.50. The topological polar surface area (TPSA) is 109 Å². The van der Waals surface area contributed by atoms with Gasteiger partial charge in [0.15, 0.2) is 0 Å². The van der Waals surface area contributed by atoms with Gasteiger partial charge in [0.25, 0.3) is 0 Å². The first-order chi connectivity index (χ1) is 21.4. The van der Waals surface area contributed by atoms with Crippen molar-refractivity contribution in [1.29, 1.82) is 0 Å². The van der Waals surface area contributed by atoms with Gasteiger partial charge in [-0.05, 0) is 34.9 Å². The van der Waals surface area contributed by atoms with Gasteiger partial charge in [0.1, 0.15) is 18.0 Å². The number of benzene rings is 3. The second kappa shape index (κ2) is 12.9. The maximum absolute atomic E-state index is 14.3. The molecule has 11 heteroatoms. The minimum Gasteiger partial charge on any atom is -0.508 e. The number of phenolic OH excluding ortho intramolecular Hbond substituents is 1. The van der Waals surface area contributed by atoms with Crippen LogP contribution in [0.3, 0.4) is 0 Å². The molecule has 0 unspecified atom stereocenters. The van der Waals surface area contributed by atoms with Crippen LogP contribution in [0.1, 0.15) is 16.7 Å². The smallest absolute Gasteiger partial charge is 0.334 e. The summed E-state index contributed by atoms with van der Waals surface area (Å²) in [4.78, 5) is 47.3. The molecule has 3 aliphatic rings. The molecule has 0 saturated carbocycles. The molecule has 0 aromatic heterocycles. The Kier molecular flexibility index (Phi) is 8.67. The Morgan fingerprint density at radius 3 is 2.39 bits per heavy atom. The molecule has 2 N–H and O–H groups in total. The predicted molar refractivity (Wildman–Crippen MR) is 164 cm³/mol. The first-order valence-electron chi connectivity index (χ1n) is 15.0. The summed E-state index contributed by atoms with van der Waals surface area (Å²) in [6.45, 7) is 3.61. The summed E-state index contributed by atoms with van der Waals surface area (Å²) in [5, 5.41) is 16.0. The van der Waals surface area contributed by atoms with E-state index in [9.17, 15) is 19.5 Å². The number of phenols is 1. The molecule has 230 valence electrons. The average Bonchev–Trinajstić information content (AvgIpc) is 3.04. The number of fused-ring (bicyclic) bond motifs is 1. The number of rotatable bonds is 7. The van der Waals surface area contributed by atoms with E-state index < -0.39 is 12.2 Å². The molecule has 6 rings (SSSR count). The molecular weight excluding hydrogens is 560 g/mol. The molecular formula is C33H38N6O5. The van der Waals surface area contributed by atoms with E-state index in [-0.39, 0.29) is 43.1 Å². The number of nitrogens with one attached hydrogen (secondary N) is 1. The summed E-state index contributed by atoms with van der Waals surface area (Å²) in [5.41, 5.74) is 3.81. The van der Waals surface area contributed by atoms with Gasteiger partial charge < -0.3 is 29.9 Å². The number of para-hydroxylation sites is 1. The number of morpholine rings is 1. The molecule has 3 aromatic rings. The van der Waals surface area contributed by atoms with E-state index in [1.54, 1.807) is 51.1 Å². The highest BCUT2D eigenvalue weighted by molar-refractivity contribution is 5.91. The van der Waals surface area contributed by atoms with Crippen LogP contribution in [-0.4, -0.2) is 101 Å². The van der Waals surface area contributed by atoms with Crippen molar-refractivity contribution in [3.05, 3.63) is 95.6 Å². The molecule has 0 radical (unpaired) electrons. The second-order valence-corrected chi connectivity index (χ2v) is 11.4. The van der Waals surface area contributed by atoms with Gasteiger partial charge >= 0.3 is 6.03 Å². The van der Waals surface area contributed by atoms with Crippen LogP contribution >= 0.6 is 0 Å². The Hall–Kier alpha value is -4.61. The fourth-order valence-corrected chi connectivity index (χ4v) is 6.32. The summed E-state index contributed by atoms with van der Waals surface area (Å²) in [7, 11) is 1.72. The lowest BCUT2D eigenvalue weighted by Gasteiger charge is -2.54. The van der Waals surface area contributed by atoms with E-state index in [1.165, 1.54) is 0 Å². The summed E-state index contributed by atoms with van der Waals surface area (Å²) < 4.78 is 5.56. The third-order valence-electron chi connectivity index (χ3n) is 8.50. The van der Waals surface area contributed by atoms with Gasteiger partial charge in [-0.3, -0.25) is 9.59 Å². The van der Waals surface area contributed by atoms with Crippen LogP contribution in [0.25, 0.3) is 0 Å². The maximum atomic E-state index is 14.3. The number of ether oxygens (including phenoxy) is 1. The minimum atomic E-state index is -0.820. The first kappa shape index (κ1) is 29.5. The molecule has 0 bridgehead atoms. The van der Waals surface area contributed by atoms with Gasteiger partial charge in [-0.1, -0.05) is 60.7 Å². The van der Waals surface area contributed by atoms with Crippen LogP contribution < -0.4 is 10.2 Å². The van der Waals surface area contributed by atoms with Crippen LogP contribution in [-0.2, 0) is 33.8 Å². The third kappa shape index (κ3) is 6.20. The second-order valence-electron chi connectivity index (χ2n) is 11.4. The molecule has 11 nitrogen and oxygen atoms in total. The zero-order chi connectivity index (χ0) is 30.6. The van der Waals surface area contributed by atoms with Crippen LogP contribution in [0.4, 0.5) is 10.5 Å². The molecule has 3 saturated heterocycles. The Balaban J connectivity index is 1.32. The lowest BCUT2D eigenvalue weighted by atomic mass is 9.98.